The van der Waals surface area contributed by atoms with Crippen molar-refractivity contribution in [1.82, 2.24) is 9.78 Å². The molecule has 3 aromatic rings. The molecule has 0 fully saturated rings. The van der Waals surface area contributed by atoms with Crippen LogP contribution in [0.15, 0.2) is 65.5 Å². The van der Waals surface area contributed by atoms with Gasteiger partial charge in [-0.15, -0.1) is 0 Å². The average molecular weight is 308 g/mol. The molecule has 0 aliphatic heterocycles. The summed E-state index contributed by atoms with van der Waals surface area (Å²) in [5, 5.41) is 4.40. The molecule has 0 atom stereocenters. The number of hydrogen-bond acceptors (Lipinski definition) is 2. The first-order valence-electron chi connectivity index (χ1n) is 7.57. The van der Waals surface area contributed by atoms with Crippen molar-refractivity contribution < 1.29 is 4.39 Å². The molecule has 0 aliphatic rings. The normalized spacial score (nSPS) is 10.7. The molecule has 1 aromatic heterocycles. The van der Waals surface area contributed by atoms with Crippen molar-refractivity contribution in [1.29, 1.82) is 0 Å². The van der Waals surface area contributed by atoms with Crippen LogP contribution in [0.4, 0.5) is 4.39 Å². The lowest BCUT2D eigenvalue weighted by Gasteiger charge is -2.08. The van der Waals surface area contributed by atoms with E-state index in [1.807, 2.05) is 12.1 Å². The van der Waals surface area contributed by atoms with Crippen LogP contribution in [0, 0.1) is 5.82 Å². The largest absolute Gasteiger partial charge is 0.268 e. The SMILES string of the molecule is CCc1ccc(-c2ccc(=O)n(Cc3cccc(F)c3)n2)cc1. The zero-order chi connectivity index (χ0) is 16.2. The molecule has 4 heteroatoms. The summed E-state index contributed by atoms with van der Waals surface area (Å²) in [5.74, 6) is -0.318. The lowest BCUT2D eigenvalue weighted by Crippen LogP contribution is -2.22. The van der Waals surface area contributed by atoms with Gasteiger partial charge in [-0.2, -0.15) is 5.10 Å². The minimum Gasteiger partial charge on any atom is -0.268 e. The Bertz CT molecular complexity index is 869. The Morgan fingerprint density at radius 2 is 1.78 bits per heavy atom. The van der Waals surface area contributed by atoms with Crippen molar-refractivity contribution in [2.45, 2.75) is 19.9 Å². The molecular formula is C19H17FN2O. The maximum absolute atomic E-state index is 13.3. The number of nitrogens with zero attached hydrogens (tertiary/aromatic N) is 2. The van der Waals surface area contributed by atoms with E-state index in [1.54, 1.807) is 18.2 Å². The first kappa shape index (κ1) is 15.2. The van der Waals surface area contributed by atoms with Crippen LogP contribution in [0.25, 0.3) is 11.3 Å². The molecule has 3 nitrogen and oxygen atoms in total. The fraction of sp³-hybridized carbons (Fsp3) is 0.158. The molecule has 0 N–H and O–H groups in total. The van der Waals surface area contributed by atoms with Crippen LogP contribution in [0.5, 0.6) is 0 Å². The van der Waals surface area contributed by atoms with E-state index < -0.39 is 0 Å². The standard InChI is InChI=1S/C19H17FN2O/c1-2-14-6-8-16(9-7-14)18-10-11-19(23)22(21-18)13-15-4-3-5-17(20)12-15/h3-12H,2,13H2,1H3. The molecule has 0 bridgehead atoms. The molecule has 0 radical (unpaired) electrons. The van der Waals surface area contributed by atoms with Gasteiger partial charge in [-0.25, -0.2) is 9.07 Å². The van der Waals surface area contributed by atoms with E-state index in [4.69, 9.17) is 0 Å². The maximum atomic E-state index is 13.3. The molecule has 0 saturated carbocycles. The van der Waals surface area contributed by atoms with Gasteiger partial charge in [0.05, 0.1) is 12.2 Å². The second-order valence-corrected chi connectivity index (χ2v) is 5.39. The topological polar surface area (TPSA) is 34.9 Å². The molecule has 116 valence electrons. The zero-order valence-corrected chi connectivity index (χ0v) is 12.9. The van der Waals surface area contributed by atoms with Crippen LogP contribution in [-0.4, -0.2) is 9.78 Å². The fourth-order valence-corrected chi connectivity index (χ4v) is 2.44. The average Bonchev–Trinajstić information content (AvgIpc) is 2.57. The molecule has 0 aliphatic carbocycles. The van der Waals surface area contributed by atoms with Crippen molar-refractivity contribution in [3.05, 3.63) is 88.0 Å². The summed E-state index contributed by atoms with van der Waals surface area (Å²) in [6.07, 6.45) is 0.979. The van der Waals surface area contributed by atoms with Gasteiger partial charge < -0.3 is 0 Å². The van der Waals surface area contributed by atoms with Gasteiger partial charge in [0.25, 0.3) is 5.56 Å². The second kappa shape index (κ2) is 6.57. The van der Waals surface area contributed by atoms with Gasteiger partial charge in [-0.1, -0.05) is 43.3 Å². The summed E-state index contributed by atoms with van der Waals surface area (Å²) in [4.78, 5) is 12.0. The van der Waals surface area contributed by atoms with E-state index in [0.717, 1.165) is 17.7 Å². The van der Waals surface area contributed by atoms with Crippen molar-refractivity contribution in [2.75, 3.05) is 0 Å². The summed E-state index contributed by atoms with van der Waals surface area (Å²) < 4.78 is 14.6. The van der Waals surface area contributed by atoms with Crippen molar-refractivity contribution in [3.63, 3.8) is 0 Å². The number of rotatable bonds is 4. The fourth-order valence-electron chi connectivity index (χ4n) is 2.44. The Labute approximate surface area is 134 Å². The third-order valence-electron chi connectivity index (χ3n) is 3.75. The molecule has 2 aromatic carbocycles. The molecular weight excluding hydrogens is 291 g/mol. The quantitative estimate of drug-likeness (QED) is 0.737. The highest BCUT2D eigenvalue weighted by molar-refractivity contribution is 5.58. The summed E-state index contributed by atoms with van der Waals surface area (Å²) >= 11 is 0. The molecule has 23 heavy (non-hydrogen) atoms. The van der Waals surface area contributed by atoms with Crippen molar-refractivity contribution in [3.8, 4) is 11.3 Å². The minimum absolute atomic E-state index is 0.205. The summed E-state index contributed by atoms with van der Waals surface area (Å²) in [6, 6.07) is 17.5. The first-order valence-corrected chi connectivity index (χ1v) is 7.57. The monoisotopic (exact) mass is 308 g/mol. The van der Waals surface area contributed by atoms with E-state index >= 15 is 0 Å². The van der Waals surface area contributed by atoms with E-state index in [-0.39, 0.29) is 17.9 Å². The number of benzene rings is 2. The predicted octanol–water partition coefficient (Wildman–Crippen LogP) is 3.66. The zero-order valence-electron chi connectivity index (χ0n) is 12.9. The van der Waals surface area contributed by atoms with Gasteiger partial charge >= 0.3 is 0 Å². The Morgan fingerprint density at radius 3 is 2.48 bits per heavy atom. The van der Waals surface area contributed by atoms with Crippen LogP contribution >= 0.6 is 0 Å². The van der Waals surface area contributed by atoms with Gasteiger partial charge in [0.15, 0.2) is 0 Å². The molecule has 1 heterocycles. The Balaban J connectivity index is 1.93. The molecule has 0 amide bonds. The van der Waals surface area contributed by atoms with E-state index in [0.29, 0.717) is 5.56 Å². The molecule has 0 unspecified atom stereocenters. The van der Waals surface area contributed by atoms with Gasteiger partial charge in [-0.3, -0.25) is 4.79 Å². The minimum atomic E-state index is -0.318. The summed E-state index contributed by atoms with van der Waals surface area (Å²) in [7, 11) is 0. The van der Waals surface area contributed by atoms with Gasteiger partial charge in [0.1, 0.15) is 5.82 Å². The summed E-state index contributed by atoms with van der Waals surface area (Å²) in [5.41, 5.74) is 3.43. The van der Waals surface area contributed by atoms with Crippen LogP contribution in [-0.2, 0) is 13.0 Å². The van der Waals surface area contributed by atoms with E-state index in [9.17, 15) is 9.18 Å². The van der Waals surface area contributed by atoms with Crippen LogP contribution in [0.3, 0.4) is 0 Å². The Hall–Kier alpha value is -2.75. The maximum Gasteiger partial charge on any atom is 0.267 e. The van der Waals surface area contributed by atoms with Crippen LogP contribution in [0.1, 0.15) is 18.1 Å². The van der Waals surface area contributed by atoms with Crippen molar-refractivity contribution >= 4 is 0 Å². The van der Waals surface area contributed by atoms with E-state index in [2.05, 4.69) is 24.2 Å². The highest BCUT2D eigenvalue weighted by Crippen LogP contribution is 2.16. The third kappa shape index (κ3) is 3.54. The number of halogens is 1. The highest BCUT2D eigenvalue weighted by Gasteiger charge is 2.05. The smallest absolute Gasteiger partial charge is 0.267 e. The lowest BCUT2D eigenvalue weighted by molar-refractivity contribution is 0.612. The van der Waals surface area contributed by atoms with Gasteiger partial charge in [0, 0.05) is 11.6 Å². The lowest BCUT2D eigenvalue weighted by atomic mass is 10.1. The van der Waals surface area contributed by atoms with Crippen LogP contribution in [0.2, 0.25) is 0 Å². The Kier molecular flexibility index (Phi) is 4.33. The molecule has 3 rings (SSSR count). The number of hydrogen-bond donors (Lipinski definition) is 0. The number of aromatic nitrogens is 2. The first-order chi connectivity index (χ1) is 11.2. The third-order valence-corrected chi connectivity index (χ3v) is 3.75. The summed E-state index contributed by atoms with van der Waals surface area (Å²) in [6.45, 7) is 2.35. The van der Waals surface area contributed by atoms with Gasteiger partial charge in [-0.05, 0) is 35.7 Å². The Morgan fingerprint density at radius 1 is 1.00 bits per heavy atom. The van der Waals surface area contributed by atoms with E-state index in [1.165, 1.54) is 28.4 Å². The van der Waals surface area contributed by atoms with Gasteiger partial charge in [0.2, 0.25) is 0 Å². The highest BCUT2D eigenvalue weighted by atomic mass is 19.1. The molecule has 0 spiro atoms. The molecule has 0 saturated heterocycles. The van der Waals surface area contributed by atoms with Crippen molar-refractivity contribution in [2.24, 2.45) is 0 Å². The predicted molar refractivity (Wildman–Crippen MR) is 88.8 cm³/mol. The van der Waals surface area contributed by atoms with Crippen LogP contribution < -0.4 is 5.56 Å². The number of aryl methyl sites for hydroxylation is 1. The second-order valence-electron chi connectivity index (χ2n) is 5.39.